The first-order valence-corrected chi connectivity index (χ1v) is 3.20. The number of hydrogen-bond acceptors (Lipinski definition) is 4. The molecule has 0 rings (SSSR count). The Kier molecular flexibility index (Phi) is 4.02. The fourth-order valence-corrected chi connectivity index (χ4v) is 0.548. The Morgan fingerprint density at radius 3 is 2.00 bits per heavy atom. The van der Waals surface area contributed by atoms with Crippen molar-refractivity contribution in [1.82, 2.24) is 0 Å². The number of hydrogen-bond donors (Lipinski definition) is 4. The Hall–Kier alpha value is -0.650. The van der Waals surface area contributed by atoms with E-state index in [1.807, 2.05) is 0 Å². The summed E-state index contributed by atoms with van der Waals surface area (Å²) in [5.74, 6) is -1.06. The standard InChI is InChI=1S/C6H12O5/c7-3-6(11,4-8)2-1-5(9)10/h7-8,11H,1-4H2,(H,9,10). The Labute approximate surface area is 63.9 Å². The summed E-state index contributed by atoms with van der Waals surface area (Å²) in [7, 11) is 0. The molecule has 0 aliphatic rings. The number of carboxylic acid groups (broad SMARTS) is 1. The molecule has 0 spiro atoms. The molecular formula is C6H12O5. The van der Waals surface area contributed by atoms with E-state index in [4.69, 9.17) is 20.4 Å². The number of carbonyl (C=O) groups is 1. The minimum Gasteiger partial charge on any atom is -0.481 e. The van der Waals surface area contributed by atoms with E-state index in [9.17, 15) is 4.79 Å². The highest BCUT2D eigenvalue weighted by molar-refractivity contribution is 5.66. The van der Waals surface area contributed by atoms with Crippen LogP contribution in [0.25, 0.3) is 0 Å². The van der Waals surface area contributed by atoms with Crippen molar-refractivity contribution < 1.29 is 25.2 Å². The van der Waals surface area contributed by atoms with E-state index in [-0.39, 0.29) is 12.8 Å². The third-order valence-corrected chi connectivity index (χ3v) is 1.39. The number of aliphatic hydroxyl groups is 3. The highest BCUT2D eigenvalue weighted by Crippen LogP contribution is 2.10. The smallest absolute Gasteiger partial charge is 0.303 e. The Balaban J connectivity index is 3.78. The normalized spacial score (nSPS) is 11.5. The third-order valence-electron chi connectivity index (χ3n) is 1.39. The summed E-state index contributed by atoms with van der Waals surface area (Å²) >= 11 is 0. The van der Waals surface area contributed by atoms with Crippen LogP contribution in [0.2, 0.25) is 0 Å². The summed E-state index contributed by atoms with van der Waals surface area (Å²) < 4.78 is 0. The van der Waals surface area contributed by atoms with Crippen LogP contribution >= 0.6 is 0 Å². The molecular weight excluding hydrogens is 152 g/mol. The van der Waals surface area contributed by atoms with Crippen molar-refractivity contribution in [2.45, 2.75) is 18.4 Å². The summed E-state index contributed by atoms with van der Waals surface area (Å²) in [4.78, 5) is 10.0. The predicted molar refractivity (Wildman–Crippen MR) is 36.0 cm³/mol. The number of aliphatic carboxylic acids is 1. The van der Waals surface area contributed by atoms with Gasteiger partial charge in [0.2, 0.25) is 0 Å². The molecule has 0 amide bonds. The second-order valence-corrected chi connectivity index (χ2v) is 2.43. The van der Waals surface area contributed by atoms with Gasteiger partial charge in [0.05, 0.1) is 13.2 Å². The van der Waals surface area contributed by atoms with Gasteiger partial charge in [-0.3, -0.25) is 4.79 Å². The maximum atomic E-state index is 10.0. The summed E-state index contributed by atoms with van der Waals surface area (Å²) in [6, 6.07) is 0. The van der Waals surface area contributed by atoms with E-state index in [0.29, 0.717) is 0 Å². The third kappa shape index (κ3) is 3.92. The van der Waals surface area contributed by atoms with Crippen LogP contribution in [-0.2, 0) is 4.79 Å². The van der Waals surface area contributed by atoms with Gasteiger partial charge in [-0.2, -0.15) is 0 Å². The van der Waals surface area contributed by atoms with Gasteiger partial charge in [-0.15, -0.1) is 0 Å². The summed E-state index contributed by atoms with van der Waals surface area (Å²) in [5.41, 5.74) is -1.65. The molecule has 0 atom stereocenters. The maximum Gasteiger partial charge on any atom is 0.303 e. The van der Waals surface area contributed by atoms with Crippen molar-refractivity contribution in [3.63, 3.8) is 0 Å². The molecule has 5 heteroatoms. The van der Waals surface area contributed by atoms with Crippen LogP contribution in [0.1, 0.15) is 12.8 Å². The van der Waals surface area contributed by atoms with Crippen LogP contribution in [0, 0.1) is 0 Å². The van der Waals surface area contributed by atoms with Gasteiger partial charge in [-0.25, -0.2) is 0 Å². The lowest BCUT2D eigenvalue weighted by molar-refractivity contribution is -0.139. The van der Waals surface area contributed by atoms with E-state index < -0.39 is 24.8 Å². The quantitative estimate of drug-likeness (QED) is 0.399. The summed E-state index contributed by atoms with van der Waals surface area (Å²) in [6.45, 7) is -1.26. The zero-order valence-electron chi connectivity index (χ0n) is 6.03. The summed E-state index contributed by atoms with van der Waals surface area (Å²) in [5, 5.41) is 34.3. The highest BCUT2D eigenvalue weighted by atomic mass is 16.4. The van der Waals surface area contributed by atoms with Crippen molar-refractivity contribution in [3.05, 3.63) is 0 Å². The molecule has 0 aromatic carbocycles. The monoisotopic (exact) mass is 164 g/mol. The van der Waals surface area contributed by atoms with Gasteiger partial charge in [0.25, 0.3) is 0 Å². The average Bonchev–Trinajstić information content (AvgIpc) is 2.00. The van der Waals surface area contributed by atoms with Crippen molar-refractivity contribution in [1.29, 1.82) is 0 Å². The molecule has 0 aliphatic heterocycles. The van der Waals surface area contributed by atoms with Gasteiger partial charge in [0.1, 0.15) is 5.60 Å². The first-order chi connectivity index (χ1) is 5.04. The molecule has 0 radical (unpaired) electrons. The SMILES string of the molecule is O=C(O)CCC(O)(CO)CO. The second kappa shape index (κ2) is 4.27. The Morgan fingerprint density at radius 2 is 1.73 bits per heavy atom. The van der Waals surface area contributed by atoms with Gasteiger partial charge in [0.15, 0.2) is 0 Å². The van der Waals surface area contributed by atoms with Crippen LogP contribution in [0.3, 0.4) is 0 Å². The molecule has 0 fully saturated rings. The first kappa shape index (κ1) is 10.3. The molecule has 0 heterocycles. The van der Waals surface area contributed by atoms with Crippen molar-refractivity contribution in [3.8, 4) is 0 Å². The van der Waals surface area contributed by atoms with E-state index in [1.165, 1.54) is 0 Å². The molecule has 0 bridgehead atoms. The van der Waals surface area contributed by atoms with E-state index in [2.05, 4.69) is 0 Å². The number of carboxylic acids is 1. The fourth-order valence-electron chi connectivity index (χ4n) is 0.548. The van der Waals surface area contributed by atoms with E-state index in [1.54, 1.807) is 0 Å². The second-order valence-electron chi connectivity index (χ2n) is 2.43. The average molecular weight is 164 g/mol. The number of aliphatic hydroxyl groups excluding tert-OH is 2. The number of rotatable bonds is 5. The van der Waals surface area contributed by atoms with Crippen LogP contribution in [0.5, 0.6) is 0 Å². The van der Waals surface area contributed by atoms with Gasteiger partial charge in [0, 0.05) is 6.42 Å². The molecule has 0 aromatic heterocycles. The molecule has 0 saturated heterocycles. The molecule has 0 aliphatic carbocycles. The first-order valence-electron chi connectivity index (χ1n) is 3.20. The van der Waals surface area contributed by atoms with E-state index in [0.717, 1.165) is 0 Å². The van der Waals surface area contributed by atoms with Gasteiger partial charge in [-0.1, -0.05) is 0 Å². The molecule has 66 valence electrons. The lowest BCUT2D eigenvalue weighted by atomic mass is 10.0. The Bertz CT molecular complexity index is 129. The maximum absolute atomic E-state index is 10.0. The molecule has 4 N–H and O–H groups in total. The van der Waals surface area contributed by atoms with Crippen LogP contribution in [0.15, 0.2) is 0 Å². The minimum atomic E-state index is -1.65. The molecule has 5 nitrogen and oxygen atoms in total. The highest BCUT2D eigenvalue weighted by Gasteiger charge is 2.25. The van der Waals surface area contributed by atoms with Crippen molar-refractivity contribution in [2.24, 2.45) is 0 Å². The summed E-state index contributed by atoms with van der Waals surface area (Å²) in [6.07, 6.45) is -0.410. The Morgan fingerprint density at radius 1 is 1.27 bits per heavy atom. The molecule has 11 heavy (non-hydrogen) atoms. The molecule has 0 saturated carbocycles. The lowest BCUT2D eigenvalue weighted by Crippen LogP contribution is -2.37. The van der Waals surface area contributed by atoms with Crippen LogP contribution in [-0.4, -0.2) is 45.2 Å². The zero-order valence-corrected chi connectivity index (χ0v) is 6.03. The fraction of sp³-hybridized carbons (Fsp3) is 0.833. The largest absolute Gasteiger partial charge is 0.481 e. The zero-order chi connectivity index (χ0) is 8.91. The van der Waals surface area contributed by atoms with Crippen LogP contribution in [0.4, 0.5) is 0 Å². The topological polar surface area (TPSA) is 98.0 Å². The predicted octanol–water partition coefficient (Wildman–Crippen LogP) is -1.43. The van der Waals surface area contributed by atoms with Gasteiger partial charge < -0.3 is 20.4 Å². The molecule has 0 unspecified atom stereocenters. The van der Waals surface area contributed by atoms with E-state index >= 15 is 0 Å². The minimum absolute atomic E-state index is 0.144. The van der Waals surface area contributed by atoms with Gasteiger partial charge >= 0.3 is 5.97 Å². The lowest BCUT2D eigenvalue weighted by Gasteiger charge is -2.21. The molecule has 0 aromatic rings. The van der Waals surface area contributed by atoms with Crippen molar-refractivity contribution >= 4 is 5.97 Å². The van der Waals surface area contributed by atoms with Gasteiger partial charge in [-0.05, 0) is 6.42 Å². The van der Waals surface area contributed by atoms with Crippen molar-refractivity contribution in [2.75, 3.05) is 13.2 Å². The van der Waals surface area contributed by atoms with Crippen LogP contribution < -0.4 is 0 Å².